The van der Waals surface area contributed by atoms with Crippen molar-refractivity contribution in [3.05, 3.63) is 11.6 Å². The van der Waals surface area contributed by atoms with Crippen LogP contribution in [0, 0.1) is 28.6 Å². The summed E-state index contributed by atoms with van der Waals surface area (Å²) in [5.41, 5.74) is 1.13. The molecule has 3 saturated carbocycles. The van der Waals surface area contributed by atoms with Crippen molar-refractivity contribution < 1.29 is 19.4 Å². The van der Waals surface area contributed by atoms with Crippen LogP contribution in [-0.4, -0.2) is 29.1 Å². The third-order valence-electron chi connectivity index (χ3n) is 9.58. The number of hydrogen-bond acceptors (Lipinski definition) is 4. The highest BCUT2D eigenvalue weighted by Gasteiger charge is 2.60. The van der Waals surface area contributed by atoms with Crippen molar-refractivity contribution >= 4 is 11.8 Å². The molecule has 0 radical (unpaired) electrons. The fourth-order valence-electron chi connectivity index (χ4n) is 7.61. The molecular weight excluding hydrogens is 388 g/mol. The average Bonchev–Trinajstić information content (AvgIpc) is 3.04. The number of ether oxygens (including phenoxy) is 1. The van der Waals surface area contributed by atoms with Gasteiger partial charge in [-0.3, -0.25) is 9.59 Å². The molecule has 0 bridgehead atoms. The number of carbonyl (C=O) groups excluding carboxylic acids is 2. The van der Waals surface area contributed by atoms with Gasteiger partial charge in [-0.05, 0) is 61.7 Å². The fourth-order valence-corrected chi connectivity index (χ4v) is 7.61. The minimum absolute atomic E-state index is 0.0480. The molecule has 4 aliphatic rings. The molecule has 0 aromatic carbocycles. The van der Waals surface area contributed by atoms with Gasteiger partial charge in [0.05, 0.1) is 6.10 Å². The summed E-state index contributed by atoms with van der Waals surface area (Å²) in [7, 11) is 0. The first-order chi connectivity index (χ1) is 14.8. The second kappa shape index (κ2) is 9.00. The minimum atomic E-state index is -0.475. The lowest BCUT2D eigenvalue weighted by atomic mass is 9.47. The van der Waals surface area contributed by atoms with Crippen LogP contribution >= 0.6 is 0 Å². The van der Waals surface area contributed by atoms with Gasteiger partial charge >= 0.3 is 5.97 Å². The number of esters is 1. The average molecular weight is 431 g/mol. The zero-order valence-electron chi connectivity index (χ0n) is 19.8. The zero-order chi connectivity index (χ0) is 22.2. The molecule has 7 atom stereocenters. The smallest absolute Gasteiger partial charge is 0.306 e. The Morgan fingerprint density at radius 1 is 1.06 bits per heavy atom. The molecule has 1 N–H and O–H groups in total. The Labute approximate surface area is 188 Å². The van der Waals surface area contributed by atoms with Gasteiger partial charge in [-0.15, -0.1) is 0 Å². The quantitative estimate of drug-likeness (QED) is 0.317. The molecule has 0 heterocycles. The molecule has 0 amide bonds. The number of aliphatic hydroxyl groups excluding tert-OH is 1. The highest BCUT2D eigenvalue weighted by molar-refractivity contribution is 5.87. The lowest BCUT2D eigenvalue weighted by Crippen LogP contribution is -2.54. The summed E-state index contributed by atoms with van der Waals surface area (Å²) in [5.74, 6) is 1.29. The number of carbonyl (C=O) groups is 2. The van der Waals surface area contributed by atoms with Crippen LogP contribution in [0.5, 0.6) is 0 Å². The van der Waals surface area contributed by atoms with Crippen LogP contribution in [0.15, 0.2) is 11.6 Å². The molecule has 4 rings (SSSR count). The highest BCUT2D eigenvalue weighted by atomic mass is 16.5. The van der Waals surface area contributed by atoms with Gasteiger partial charge in [-0.25, -0.2) is 0 Å². The summed E-state index contributed by atoms with van der Waals surface area (Å²) in [6.07, 6.45) is 14.1. The van der Waals surface area contributed by atoms with E-state index in [4.69, 9.17) is 4.74 Å². The maximum absolute atomic E-state index is 12.6. The van der Waals surface area contributed by atoms with E-state index in [-0.39, 0.29) is 28.8 Å². The monoisotopic (exact) mass is 430 g/mol. The van der Waals surface area contributed by atoms with Gasteiger partial charge in [0.1, 0.15) is 11.9 Å². The maximum atomic E-state index is 12.6. The number of Topliss-reactive ketones (excluding diaryl/α,β-unsaturated/α-hetero) is 1. The van der Waals surface area contributed by atoms with Crippen molar-refractivity contribution in [3.8, 4) is 0 Å². The van der Waals surface area contributed by atoms with Gasteiger partial charge in [0.2, 0.25) is 0 Å². The molecule has 4 unspecified atom stereocenters. The summed E-state index contributed by atoms with van der Waals surface area (Å²) >= 11 is 0. The molecule has 4 nitrogen and oxygen atoms in total. The van der Waals surface area contributed by atoms with E-state index in [1.165, 1.54) is 24.8 Å². The van der Waals surface area contributed by atoms with Crippen LogP contribution in [0.3, 0.4) is 0 Å². The Morgan fingerprint density at radius 3 is 2.55 bits per heavy atom. The van der Waals surface area contributed by atoms with Gasteiger partial charge in [-0.1, -0.05) is 58.1 Å². The molecular formula is C27H42O4. The van der Waals surface area contributed by atoms with Gasteiger partial charge in [0.25, 0.3) is 0 Å². The number of hydrogen-bond donors (Lipinski definition) is 1. The van der Waals surface area contributed by atoms with E-state index in [9.17, 15) is 14.7 Å². The van der Waals surface area contributed by atoms with Crippen molar-refractivity contribution in [2.75, 3.05) is 0 Å². The number of fused-ring (bicyclic) bond motifs is 5. The molecule has 0 saturated heterocycles. The van der Waals surface area contributed by atoms with Crippen LogP contribution in [0.25, 0.3) is 0 Å². The summed E-state index contributed by atoms with van der Waals surface area (Å²) in [5, 5.41) is 11.2. The predicted octanol–water partition coefficient (Wildman–Crippen LogP) is 5.76. The number of ketones is 1. The Hall–Kier alpha value is -1.16. The van der Waals surface area contributed by atoms with Gasteiger partial charge < -0.3 is 9.84 Å². The standard InChI is InChI=1S/C27H42O4/c1-4-5-6-7-8-9-24(30)31-19-12-14-26(2)18(16-19)17-22(28)25-20-10-11-23(29)27(20,3)15-13-21(25)26/h17,19-22,25,28H,4-16H2,1-3H3/t19-,20?,21?,22?,25?,26-,27-/m0/s1. The molecule has 3 fully saturated rings. The number of aliphatic hydroxyl groups is 1. The Morgan fingerprint density at radius 2 is 1.77 bits per heavy atom. The summed E-state index contributed by atoms with van der Waals surface area (Å²) < 4.78 is 5.86. The van der Waals surface area contributed by atoms with E-state index >= 15 is 0 Å². The Bertz CT molecular complexity index is 727. The van der Waals surface area contributed by atoms with Crippen LogP contribution < -0.4 is 0 Å². The summed E-state index contributed by atoms with van der Waals surface area (Å²) in [4.78, 5) is 24.9. The van der Waals surface area contributed by atoms with Crippen molar-refractivity contribution in [2.24, 2.45) is 28.6 Å². The third-order valence-corrected chi connectivity index (χ3v) is 9.58. The van der Waals surface area contributed by atoms with Crippen molar-refractivity contribution in [2.45, 2.75) is 116 Å². The Kier molecular flexibility index (Phi) is 6.68. The second-order valence-electron chi connectivity index (χ2n) is 11.3. The highest BCUT2D eigenvalue weighted by Crippen LogP contribution is 2.64. The molecule has 0 spiro atoms. The van der Waals surface area contributed by atoms with E-state index < -0.39 is 6.10 Å². The van der Waals surface area contributed by atoms with Crippen LogP contribution in [0.4, 0.5) is 0 Å². The lowest BCUT2D eigenvalue weighted by molar-refractivity contribution is -0.152. The predicted molar refractivity (Wildman–Crippen MR) is 121 cm³/mol. The van der Waals surface area contributed by atoms with Crippen molar-refractivity contribution in [1.82, 2.24) is 0 Å². The SMILES string of the molecule is CCCCCCCC(=O)O[C@H]1CC[C@@]2(C)C(=CC(O)C3C2CC[C@]2(C)C(=O)CCC32)C1. The topological polar surface area (TPSA) is 63.6 Å². The first-order valence-electron chi connectivity index (χ1n) is 12.9. The van der Waals surface area contributed by atoms with Crippen molar-refractivity contribution in [1.29, 1.82) is 0 Å². The van der Waals surface area contributed by atoms with Crippen LogP contribution in [0.2, 0.25) is 0 Å². The van der Waals surface area contributed by atoms with Crippen LogP contribution in [0.1, 0.15) is 104 Å². The first-order valence-corrected chi connectivity index (χ1v) is 12.9. The maximum Gasteiger partial charge on any atom is 0.306 e. The van der Waals surface area contributed by atoms with E-state index in [0.29, 0.717) is 30.5 Å². The Balaban J connectivity index is 1.40. The molecule has 31 heavy (non-hydrogen) atoms. The zero-order valence-corrected chi connectivity index (χ0v) is 19.8. The molecule has 0 aromatic rings. The van der Waals surface area contributed by atoms with Gasteiger partial charge in [0, 0.05) is 24.7 Å². The van der Waals surface area contributed by atoms with Gasteiger partial charge in [-0.2, -0.15) is 0 Å². The molecule has 0 aliphatic heterocycles. The van der Waals surface area contributed by atoms with E-state index in [1.807, 2.05) is 0 Å². The molecule has 174 valence electrons. The number of rotatable bonds is 7. The second-order valence-corrected chi connectivity index (χ2v) is 11.3. The first kappa shape index (κ1) is 23.0. The largest absolute Gasteiger partial charge is 0.462 e. The third kappa shape index (κ3) is 4.14. The summed E-state index contributed by atoms with van der Waals surface area (Å²) in [6.45, 7) is 6.72. The van der Waals surface area contributed by atoms with Crippen molar-refractivity contribution in [3.63, 3.8) is 0 Å². The fraction of sp³-hybridized carbons (Fsp3) is 0.852. The van der Waals surface area contributed by atoms with E-state index in [1.54, 1.807) is 0 Å². The molecule has 4 heteroatoms. The van der Waals surface area contributed by atoms with E-state index in [0.717, 1.165) is 51.4 Å². The number of unbranched alkanes of at least 4 members (excludes halogenated alkanes) is 4. The normalized spacial score (nSPS) is 41.7. The summed E-state index contributed by atoms with van der Waals surface area (Å²) in [6, 6.07) is 0. The minimum Gasteiger partial charge on any atom is -0.462 e. The van der Waals surface area contributed by atoms with Gasteiger partial charge in [0.15, 0.2) is 0 Å². The molecule has 4 aliphatic carbocycles. The van der Waals surface area contributed by atoms with Crippen LogP contribution in [-0.2, 0) is 14.3 Å². The van der Waals surface area contributed by atoms with E-state index in [2.05, 4.69) is 26.8 Å². The molecule has 0 aromatic heterocycles. The lowest BCUT2D eigenvalue weighted by Gasteiger charge is -2.58.